The van der Waals surface area contributed by atoms with Crippen molar-refractivity contribution in [2.45, 2.75) is 44.9 Å². The van der Waals surface area contributed by atoms with Crippen molar-refractivity contribution in [2.75, 3.05) is 7.11 Å². The Balaban J connectivity index is 2.49. The number of hydrogen-bond acceptors (Lipinski definition) is 2. The molecule has 0 saturated carbocycles. The zero-order valence-corrected chi connectivity index (χ0v) is 14.8. The molecule has 0 saturated heterocycles. The molecule has 1 aromatic carbocycles. The molecule has 0 fully saturated rings. The summed E-state index contributed by atoms with van der Waals surface area (Å²) in [5, 5.41) is 0. The van der Waals surface area contributed by atoms with E-state index in [9.17, 15) is 0 Å². The molecule has 0 radical (unpaired) electrons. The molecule has 1 aliphatic rings. The number of methoxy groups -OCH3 is 1. The first-order valence-electron chi connectivity index (χ1n) is 7.31. The van der Waals surface area contributed by atoms with Crippen LogP contribution in [0.15, 0.2) is 28.5 Å². The van der Waals surface area contributed by atoms with Gasteiger partial charge in [0.15, 0.2) is 0 Å². The van der Waals surface area contributed by atoms with E-state index in [4.69, 9.17) is 4.74 Å². The van der Waals surface area contributed by atoms with E-state index >= 15 is 0 Å². The number of nitrogens with one attached hydrogen (secondary N) is 1. The van der Waals surface area contributed by atoms with Crippen LogP contribution in [0.1, 0.15) is 37.4 Å². The van der Waals surface area contributed by atoms with Gasteiger partial charge < -0.3 is 0 Å². The van der Waals surface area contributed by atoms with Gasteiger partial charge in [0.05, 0.1) is 0 Å². The van der Waals surface area contributed by atoms with Gasteiger partial charge in [-0.3, -0.25) is 0 Å². The fraction of sp³-hybridized carbons (Fsp3) is 0.500. The number of ether oxygens (including phenoxy) is 1. The number of rotatable bonds is 3. The van der Waals surface area contributed by atoms with Crippen molar-refractivity contribution in [1.29, 1.82) is 0 Å². The van der Waals surface area contributed by atoms with Gasteiger partial charge in [0.1, 0.15) is 0 Å². The summed E-state index contributed by atoms with van der Waals surface area (Å²) >= 11 is 2.22. The molecule has 1 N–H and O–H groups in total. The molecule has 0 amide bonds. The second-order valence-electron chi connectivity index (χ2n) is 7.33. The number of allylic oxidation sites excluding steroid dienone is 1. The topological polar surface area (TPSA) is 21.3 Å². The quantitative estimate of drug-likeness (QED) is 0.857. The Morgan fingerprint density at radius 2 is 1.80 bits per heavy atom. The Hall–Kier alpha value is -0.466. The van der Waals surface area contributed by atoms with E-state index in [1.807, 2.05) is 0 Å². The maximum atomic E-state index is 5.68. The van der Waals surface area contributed by atoms with Crippen LogP contribution < -0.4 is 4.98 Å². The Kier molecular flexibility index (Phi) is 4.28. The predicted molar refractivity (Wildman–Crippen MR) is 89.2 cm³/mol. The summed E-state index contributed by atoms with van der Waals surface area (Å²) in [6.45, 7) is 11.6. The van der Waals surface area contributed by atoms with Crippen LogP contribution in [0.4, 0.5) is 0 Å². The third-order valence-corrected chi connectivity index (χ3v) is 7.51. The average Bonchev–Trinajstić information content (AvgIpc) is 2.57. The molecule has 2 rings (SSSR count). The van der Waals surface area contributed by atoms with Gasteiger partial charge in [0.2, 0.25) is 0 Å². The van der Waals surface area contributed by atoms with Gasteiger partial charge in [0, 0.05) is 0 Å². The minimum atomic E-state index is -1.67. The molecule has 4 heteroatoms. The first kappa shape index (κ1) is 15.9. The van der Waals surface area contributed by atoms with Crippen LogP contribution in [-0.4, -0.2) is 38.6 Å². The van der Waals surface area contributed by atoms with Crippen molar-refractivity contribution >= 4 is 31.7 Å². The summed E-state index contributed by atoms with van der Waals surface area (Å²) in [6, 6.07) is 8.67. The molecular weight excluding hydrogens is 257 g/mol. The predicted octanol–water partition coefficient (Wildman–Crippen LogP) is 3.40. The molecule has 1 aromatic rings. The SMILES string of the molecule is [Li][C]1=C(OC)c2ccccc2C1[Si](C)(C)NC(C)(C)C. The van der Waals surface area contributed by atoms with Crippen LogP contribution in [0.5, 0.6) is 0 Å². The standard InChI is InChI=1S/C16H24NOSi.Li/c1-16(2,3)17-19(5,6)15-11-14(18-4)12-9-7-8-10-13(12)15;/h7-10,15,17H,1-6H3;. The maximum absolute atomic E-state index is 5.68. The third kappa shape index (κ3) is 2.92. The average molecular weight is 281 g/mol. The molecule has 0 bridgehead atoms. The van der Waals surface area contributed by atoms with Crippen LogP contribution >= 0.6 is 0 Å². The fourth-order valence-electron chi connectivity index (χ4n) is 3.77. The summed E-state index contributed by atoms with van der Waals surface area (Å²) in [4.78, 5) is 3.90. The number of benzene rings is 1. The Labute approximate surface area is 133 Å². The number of fused-ring (bicyclic) bond motifs is 1. The first-order chi connectivity index (χ1) is 9.17. The van der Waals surface area contributed by atoms with E-state index in [1.54, 1.807) is 7.11 Å². The minimum absolute atomic E-state index is 0.140. The second-order valence-corrected chi connectivity index (χ2v) is 11.6. The van der Waals surface area contributed by atoms with Gasteiger partial charge in [0.25, 0.3) is 0 Å². The molecule has 104 valence electrons. The molecule has 1 aliphatic carbocycles. The summed E-state index contributed by atoms with van der Waals surface area (Å²) in [6.07, 6.45) is 0. The zero-order chi connectivity index (χ0) is 15.1. The Morgan fingerprint density at radius 1 is 1.20 bits per heavy atom. The van der Waals surface area contributed by atoms with Crippen molar-refractivity contribution in [1.82, 2.24) is 4.98 Å². The van der Waals surface area contributed by atoms with Crippen molar-refractivity contribution in [3.8, 4) is 0 Å². The van der Waals surface area contributed by atoms with Gasteiger partial charge in [-0.25, -0.2) is 0 Å². The Bertz CT molecular complexity index is 546. The number of hydrogen-bond donors (Lipinski definition) is 1. The summed E-state index contributed by atoms with van der Waals surface area (Å²) < 4.78 is 7.06. The third-order valence-electron chi connectivity index (χ3n) is 3.93. The molecule has 0 heterocycles. The molecule has 0 aliphatic heterocycles. The van der Waals surface area contributed by atoms with Gasteiger partial charge in [-0.15, -0.1) is 0 Å². The van der Waals surface area contributed by atoms with Crippen molar-refractivity contribution in [2.24, 2.45) is 0 Å². The Morgan fingerprint density at radius 3 is 2.35 bits per heavy atom. The normalized spacial score (nSPS) is 19.3. The van der Waals surface area contributed by atoms with Gasteiger partial charge in [-0.05, 0) is 0 Å². The van der Waals surface area contributed by atoms with Gasteiger partial charge >= 0.3 is 133 Å². The zero-order valence-electron chi connectivity index (χ0n) is 13.8. The summed E-state index contributed by atoms with van der Waals surface area (Å²) in [5.41, 5.74) is 3.32. The van der Waals surface area contributed by atoms with Crippen LogP contribution in [0.25, 0.3) is 5.76 Å². The van der Waals surface area contributed by atoms with Crippen molar-refractivity contribution in [3.05, 3.63) is 39.6 Å². The van der Waals surface area contributed by atoms with Gasteiger partial charge in [-0.1, -0.05) is 0 Å². The molecule has 20 heavy (non-hydrogen) atoms. The molecule has 1 unspecified atom stereocenters. The van der Waals surface area contributed by atoms with E-state index in [0.29, 0.717) is 5.54 Å². The first-order valence-corrected chi connectivity index (χ1v) is 10.4. The summed E-state index contributed by atoms with van der Waals surface area (Å²) in [7, 11) is 0.116. The van der Waals surface area contributed by atoms with Crippen LogP contribution in [0.3, 0.4) is 0 Å². The molecule has 0 spiro atoms. The fourth-order valence-corrected chi connectivity index (χ4v) is 8.09. The monoisotopic (exact) mass is 281 g/mol. The van der Waals surface area contributed by atoms with Crippen LogP contribution in [0.2, 0.25) is 13.1 Å². The second kappa shape index (κ2) is 5.38. The van der Waals surface area contributed by atoms with E-state index in [2.05, 4.69) is 80.8 Å². The van der Waals surface area contributed by atoms with Gasteiger partial charge in [-0.2, -0.15) is 0 Å². The van der Waals surface area contributed by atoms with E-state index < -0.39 is 8.24 Å². The van der Waals surface area contributed by atoms with Crippen molar-refractivity contribution in [3.63, 3.8) is 0 Å². The van der Waals surface area contributed by atoms with E-state index in [0.717, 1.165) is 5.76 Å². The molecule has 2 nitrogen and oxygen atoms in total. The molecular formula is C16H24LiNOSi. The van der Waals surface area contributed by atoms with Crippen LogP contribution in [-0.2, 0) is 4.74 Å². The van der Waals surface area contributed by atoms with Crippen LogP contribution in [0, 0.1) is 0 Å². The molecule has 0 aromatic heterocycles. The molecule has 1 atom stereocenters. The van der Waals surface area contributed by atoms with E-state index in [1.165, 1.54) is 15.4 Å². The van der Waals surface area contributed by atoms with Crippen molar-refractivity contribution < 1.29 is 4.74 Å². The summed E-state index contributed by atoms with van der Waals surface area (Å²) in [5.74, 6) is 1.07. The van der Waals surface area contributed by atoms with E-state index in [-0.39, 0.29) is 5.54 Å².